The first-order chi connectivity index (χ1) is 14.7. The van der Waals surface area contributed by atoms with E-state index >= 15 is 0 Å². The highest BCUT2D eigenvalue weighted by Crippen LogP contribution is 2.28. The standard InChI is InChI=1S/C25H32FN3O2/c1-18(17-25(3,4)21-8-6-5-7-9-21)27-24(31)29-14-12-28(13-15-29)23-11-10-20(19(2)30)16-22(23)26/h5-11,16,18H,12-15,17H2,1-4H3,(H,27,31). The maximum Gasteiger partial charge on any atom is 0.317 e. The second kappa shape index (κ2) is 9.50. The minimum Gasteiger partial charge on any atom is -0.366 e. The topological polar surface area (TPSA) is 52.7 Å². The molecule has 2 aromatic carbocycles. The van der Waals surface area contributed by atoms with E-state index in [-0.39, 0.29) is 23.3 Å². The molecule has 0 saturated carbocycles. The van der Waals surface area contributed by atoms with Crippen LogP contribution in [0, 0.1) is 5.82 Å². The van der Waals surface area contributed by atoms with Gasteiger partial charge in [-0.25, -0.2) is 9.18 Å². The lowest BCUT2D eigenvalue weighted by atomic mass is 9.79. The van der Waals surface area contributed by atoms with Crippen molar-refractivity contribution in [3.8, 4) is 0 Å². The van der Waals surface area contributed by atoms with Gasteiger partial charge in [0.05, 0.1) is 5.69 Å². The van der Waals surface area contributed by atoms with Gasteiger partial charge in [0.2, 0.25) is 0 Å². The van der Waals surface area contributed by atoms with Gasteiger partial charge in [-0.05, 0) is 49.4 Å². The quantitative estimate of drug-likeness (QED) is 0.688. The van der Waals surface area contributed by atoms with Gasteiger partial charge in [-0.3, -0.25) is 4.79 Å². The lowest BCUT2D eigenvalue weighted by Gasteiger charge is -2.37. The van der Waals surface area contributed by atoms with Crippen molar-refractivity contribution in [1.29, 1.82) is 0 Å². The third-order valence-corrected chi connectivity index (χ3v) is 6.00. The zero-order chi connectivity index (χ0) is 22.6. The minimum atomic E-state index is -0.401. The van der Waals surface area contributed by atoms with Crippen LogP contribution in [0.3, 0.4) is 0 Å². The van der Waals surface area contributed by atoms with Crippen LogP contribution >= 0.6 is 0 Å². The van der Waals surface area contributed by atoms with Crippen molar-refractivity contribution in [3.63, 3.8) is 0 Å². The van der Waals surface area contributed by atoms with Crippen LogP contribution in [0.15, 0.2) is 48.5 Å². The Balaban J connectivity index is 1.53. The molecular weight excluding hydrogens is 393 g/mol. The number of amides is 2. The Morgan fingerprint density at radius 2 is 1.71 bits per heavy atom. The molecule has 1 N–H and O–H groups in total. The number of carbonyl (C=O) groups excluding carboxylic acids is 2. The Kier molecular flexibility index (Phi) is 6.98. The van der Waals surface area contributed by atoms with Crippen molar-refractivity contribution in [2.75, 3.05) is 31.1 Å². The maximum atomic E-state index is 14.4. The summed E-state index contributed by atoms with van der Waals surface area (Å²) in [6.45, 7) is 9.98. The highest BCUT2D eigenvalue weighted by Gasteiger charge is 2.27. The van der Waals surface area contributed by atoms with Gasteiger partial charge in [-0.15, -0.1) is 0 Å². The molecule has 1 fully saturated rings. The van der Waals surface area contributed by atoms with Crippen LogP contribution in [0.25, 0.3) is 0 Å². The number of carbonyl (C=O) groups is 2. The minimum absolute atomic E-state index is 0.0253. The summed E-state index contributed by atoms with van der Waals surface area (Å²) in [5, 5.41) is 3.12. The van der Waals surface area contributed by atoms with Crippen LogP contribution in [0.5, 0.6) is 0 Å². The second-order valence-electron chi connectivity index (χ2n) is 9.00. The largest absolute Gasteiger partial charge is 0.366 e. The van der Waals surface area contributed by atoms with Gasteiger partial charge < -0.3 is 15.1 Å². The van der Waals surface area contributed by atoms with Crippen LogP contribution in [-0.4, -0.2) is 48.9 Å². The highest BCUT2D eigenvalue weighted by molar-refractivity contribution is 5.94. The molecule has 2 aromatic rings. The molecule has 3 rings (SSSR count). The molecule has 1 atom stereocenters. The van der Waals surface area contributed by atoms with Gasteiger partial charge in [0.15, 0.2) is 5.78 Å². The number of hydrogen-bond donors (Lipinski definition) is 1. The number of ketones is 1. The smallest absolute Gasteiger partial charge is 0.317 e. The van der Waals surface area contributed by atoms with E-state index in [2.05, 4.69) is 31.3 Å². The van der Waals surface area contributed by atoms with E-state index in [0.717, 1.165) is 6.42 Å². The number of rotatable bonds is 6. The molecular formula is C25H32FN3O2. The first kappa shape index (κ1) is 22.8. The SMILES string of the molecule is CC(=O)c1ccc(N2CCN(C(=O)NC(C)CC(C)(C)c3ccccc3)CC2)c(F)c1. The molecule has 0 spiro atoms. The Hall–Kier alpha value is -2.89. The fourth-order valence-electron chi connectivity index (χ4n) is 4.26. The van der Waals surface area contributed by atoms with Crippen molar-refractivity contribution in [2.45, 2.75) is 45.6 Å². The average molecular weight is 426 g/mol. The molecule has 0 bridgehead atoms. The van der Waals surface area contributed by atoms with E-state index in [1.807, 2.05) is 30.0 Å². The predicted octanol–water partition coefficient (Wildman–Crippen LogP) is 4.62. The molecule has 1 aliphatic rings. The molecule has 1 aliphatic heterocycles. The van der Waals surface area contributed by atoms with Gasteiger partial charge in [-0.1, -0.05) is 44.2 Å². The van der Waals surface area contributed by atoms with E-state index in [1.165, 1.54) is 18.6 Å². The van der Waals surface area contributed by atoms with E-state index < -0.39 is 5.82 Å². The zero-order valence-electron chi connectivity index (χ0n) is 18.8. The summed E-state index contributed by atoms with van der Waals surface area (Å²) < 4.78 is 14.4. The van der Waals surface area contributed by atoms with Crippen LogP contribution in [-0.2, 0) is 5.41 Å². The maximum absolute atomic E-state index is 14.4. The number of nitrogens with zero attached hydrogens (tertiary/aromatic N) is 2. The summed E-state index contributed by atoms with van der Waals surface area (Å²) in [7, 11) is 0. The summed E-state index contributed by atoms with van der Waals surface area (Å²) in [6.07, 6.45) is 0.830. The number of Topliss-reactive ketones (excluding diaryl/α,β-unsaturated/α-hetero) is 1. The Bertz CT molecular complexity index is 922. The summed E-state index contributed by atoms with van der Waals surface area (Å²) >= 11 is 0. The third kappa shape index (κ3) is 5.63. The molecule has 1 saturated heterocycles. The fourth-order valence-corrected chi connectivity index (χ4v) is 4.26. The summed E-state index contributed by atoms with van der Waals surface area (Å²) in [5.41, 5.74) is 2.05. The second-order valence-corrected chi connectivity index (χ2v) is 9.00. The van der Waals surface area contributed by atoms with Crippen molar-refractivity contribution in [3.05, 3.63) is 65.5 Å². The van der Waals surface area contributed by atoms with Gasteiger partial charge in [0.1, 0.15) is 5.82 Å². The number of urea groups is 1. The monoisotopic (exact) mass is 425 g/mol. The van der Waals surface area contributed by atoms with Crippen molar-refractivity contribution < 1.29 is 14.0 Å². The zero-order valence-corrected chi connectivity index (χ0v) is 18.8. The van der Waals surface area contributed by atoms with Crippen LogP contribution in [0.2, 0.25) is 0 Å². The van der Waals surface area contributed by atoms with Crippen LogP contribution in [0.1, 0.15) is 50.0 Å². The lowest BCUT2D eigenvalue weighted by molar-refractivity contribution is 0.101. The third-order valence-electron chi connectivity index (χ3n) is 6.00. The molecule has 1 unspecified atom stereocenters. The van der Waals surface area contributed by atoms with Gasteiger partial charge in [-0.2, -0.15) is 0 Å². The first-order valence-corrected chi connectivity index (χ1v) is 10.8. The number of anilines is 1. The van der Waals surface area contributed by atoms with Crippen LogP contribution in [0.4, 0.5) is 14.9 Å². The van der Waals surface area contributed by atoms with E-state index in [1.54, 1.807) is 17.0 Å². The Labute approximate surface area is 184 Å². The number of piperazine rings is 1. The molecule has 166 valence electrons. The fraction of sp³-hybridized carbons (Fsp3) is 0.440. The lowest BCUT2D eigenvalue weighted by Crippen LogP contribution is -2.53. The number of hydrogen-bond acceptors (Lipinski definition) is 3. The van der Waals surface area contributed by atoms with Crippen molar-refractivity contribution >= 4 is 17.5 Å². The first-order valence-electron chi connectivity index (χ1n) is 10.8. The molecule has 5 nitrogen and oxygen atoms in total. The number of nitrogens with one attached hydrogen (secondary N) is 1. The van der Waals surface area contributed by atoms with Crippen LogP contribution < -0.4 is 10.2 Å². The Morgan fingerprint density at radius 1 is 1.06 bits per heavy atom. The summed E-state index contributed by atoms with van der Waals surface area (Å²) in [4.78, 5) is 27.9. The average Bonchev–Trinajstić information content (AvgIpc) is 2.74. The molecule has 2 amide bonds. The molecule has 0 radical (unpaired) electrons. The Morgan fingerprint density at radius 3 is 2.29 bits per heavy atom. The van der Waals surface area contributed by atoms with Crippen molar-refractivity contribution in [2.24, 2.45) is 0 Å². The summed E-state index contributed by atoms with van der Waals surface area (Å²) in [5.74, 6) is -0.557. The molecule has 31 heavy (non-hydrogen) atoms. The molecule has 0 aromatic heterocycles. The summed E-state index contributed by atoms with van der Waals surface area (Å²) in [6, 6.07) is 14.9. The van der Waals surface area contributed by atoms with Gasteiger partial charge in [0, 0.05) is 37.8 Å². The van der Waals surface area contributed by atoms with E-state index in [0.29, 0.717) is 37.4 Å². The highest BCUT2D eigenvalue weighted by atomic mass is 19.1. The van der Waals surface area contributed by atoms with Gasteiger partial charge in [0.25, 0.3) is 0 Å². The van der Waals surface area contributed by atoms with E-state index in [9.17, 15) is 14.0 Å². The normalized spacial score (nSPS) is 15.5. The number of halogens is 1. The molecule has 6 heteroatoms. The number of benzene rings is 2. The van der Waals surface area contributed by atoms with Gasteiger partial charge >= 0.3 is 6.03 Å². The predicted molar refractivity (Wildman–Crippen MR) is 122 cm³/mol. The molecule has 0 aliphatic carbocycles. The van der Waals surface area contributed by atoms with Crippen molar-refractivity contribution in [1.82, 2.24) is 10.2 Å². The van der Waals surface area contributed by atoms with E-state index in [4.69, 9.17) is 0 Å². The molecule has 1 heterocycles.